The van der Waals surface area contributed by atoms with Crippen LogP contribution < -0.4 is 0 Å². The van der Waals surface area contributed by atoms with Gasteiger partial charge in [0.1, 0.15) is 5.75 Å². The molecule has 3 atom stereocenters. The van der Waals surface area contributed by atoms with Crippen LogP contribution in [0.1, 0.15) is 49.0 Å². The normalized spacial score (nSPS) is 33.6. The lowest BCUT2D eigenvalue weighted by molar-refractivity contribution is -0.0345. The van der Waals surface area contributed by atoms with Crippen molar-refractivity contribution in [1.29, 1.82) is 0 Å². The van der Waals surface area contributed by atoms with Crippen LogP contribution >= 0.6 is 0 Å². The molecule has 1 aromatic heterocycles. The van der Waals surface area contributed by atoms with Gasteiger partial charge in [-0.15, -0.1) is 0 Å². The van der Waals surface area contributed by atoms with Crippen molar-refractivity contribution in [3.8, 4) is 5.75 Å². The molecule has 0 spiro atoms. The van der Waals surface area contributed by atoms with E-state index in [-0.39, 0.29) is 11.6 Å². The summed E-state index contributed by atoms with van der Waals surface area (Å²) in [6.45, 7) is 2.68. The van der Waals surface area contributed by atoms with E-state index < -0.39 is 0 Å². The number of para-hydroxylation sites is 1. The zero-order valence-corrected chi connectivity index (χ0v) is 16.8. The minimum atomic E-state index is 0.153. The summed E-state index contributed by atoms with van der Waals surface area (Å²) in [6, 6.07) is 17.0. The molecule has 3 N–H and O–H groups in total. The topological polar surface area (TPSA) is 59.5 Å². The van der Waals surface area contributed by atoms with Crippen LogP contribution in [0, 0.1) is 11.8 Å². The van der Waals surface area contributed by atoms with Crippen LogP contribution in [-0.4, -0.2) is 38.3 Å². The van der Waals surface area contributed by atoms with Gasteiger partial charge in [-0.2, -0.15) is 0 Å². The first-order chi connectivity index (χ1) is 14.1. The standard InChI is InChI=1S/C25H28N2O2/c1-15-10-21-20-4-2-3-5-22(20)26-23(21)24(16-6-8-19(29)9-7-16)27(15)25-11-17(12-25)18(13-25)14-28/h2-9,15,17-18,24,26,28-29H,10-14H2,1H3. The molecule has 150 valence electrons. The lowest BCUT2D eigenvalue weighted by Gasteiger charge is -2.55. The molecule has 29 heavy (non-hydrogen) atoms. The molecule has 2 aromatic carbocycles. The second-order valence-electron chi connectivity index (χ2n) is 9.56. The van der Waals surface area contributed by atoms with Crippen LogP contribution in [0.15, 0.2) is 48.5 Å². The minimum absolute atomic E-state index is 0.153. The molecule has 4 nitrogen and oxygen atoms in total. The predicted molar refractivity (Wildman–Crippen MR) is 114 cm³/mol. The fraction of sp³-hybridized carbons (Fsp3) is 0.440. The first-order valence-electron chi connectivity index (χ1n) is 10.9. The highest BCUT2D eigenvalue weighted by Crippen LogP contribution is 2.62. The lowest BCUT2D eigenvalue weighted by atomic mass is 9.71. The molecule has 3 fully saturated rings. The first kappa shape index (κ1) is 17.5. The quantitative estimate of drug-likeness (QED) is 0.624. The van der Waals surface area contributed by atoms with Crippen molar-refractivity contribution in [2.24, 2.45) is 11.8 Å². The number of aromatic nitrogens is 1. The zero-order valence-electron chi connectivity index (χ0n) is 16.8. The Hall–Kier alpha value is -2.30. The second-order valence-corrected chi connectivity index (χ2v) is 9.56. The molecule has 4 heteroatoms. The fourth-order valence-corrected chi connectivity index (χ4v) is 6.79. The van der Waals surface area contributed by atoms with Crippen LogP contribution in [0.3, 0.4) is 0 Å². The molecule has 1 aliphatic heterocycles. The van der Waals surface area contributed by atoms with E-state index in [2.05, 4.69) is 53.2 Å². The zero-order chi connectivity index (χ0) is 19.8. The van der Waals surface area contributed by atoms with Crippen molar-refractivity contribution in [2.45, 2.75) is 50.2 Å². The van der Waals surface area contributed by atoms with Crippen molar-refractivity contribution in [3.05, 3.63) is 65.4 Å². The van der Waals surface area contributed by atoms with Crippen LogP contribution in [0.25, 0.3) is 10.9 Å². The molecule has 7 rings (SSSR count). The Balaban J connectivity index is 1.53. The summed E-state index contributed by atoms with van der Waals surface area (Å²) >= 11 is 0. The van der Waals surface area contributed by atoms with E-state index in [1.807, 2.05) is 12.1 Å². The summed E-state index contributed by atoms with van der Waals surface area (Å²) in [5.41, 5.74) is 5.37. The van der Waals surface area contributed by atoms with Gasteiger partial charge in [0.2, 0.25) is 0 Å². The Morgan fingerprint density at radius 3 is 2.55 bits per heavy atom. The maximum atomic E-state index is 9.87. The number of phenolic OH excluding ortho intramolecular Hbond substituents is 1. The molecule has 3 saturated carbocycles. The van der Waals surface area contributed by atoms with E-state index in [0.29, 0.717) is 30.2 Å². The molecule has 2 heterocycles. The van der Waals surface area contributed by atoms with Crippen LogP contribution in [0.5, 0.6) is 5.75 Å². The summed E-state index contributed by atoms with van der Waals surface area (Å²) < 4.78 is 0. The summed E-state index contributed by atoms with van der Waals surface area (Å²) in [5.74, 6) is 1.44. The van der Waals surface area contributed by atoms with Gasteiger partial charge in [0.25, 0.3) is 0 Å². The average Bonchev–Trinajstić information content (AvgIpc) is 3.36. The Bertz CT molecular complexity index is 1060. The molecule has 3 aliphatic carbocycles. The molecular weight excluding hydrogens is 360 g/mol. The second kappa shape index (κ2) is 6.10. The SMILES string of the molecule is CC1Cc2c([nH]c3ccccc23)C(c2ccc(O)cc2)N1C12CC(CO)C(C1)C2. The fourth-order valence-electron chi connectivity index (χ4n) is 6.79. The number of aliphatic hydroxyl groups excluding tert-OH is 1. The lowest BCUT2D eigenvalue weighted by Crippen LogP contribution is -2.59. The predicted octanol–water partition coefficient (Wildman–Crippen LogP) is 4.37. The van der Waals surface area contributed by atoms with E-state index in [9.17, 15) is 10.2 Å². The molecule has 2 bridgehead atoms. The van der Waals surface area contributed by atoms with Crippen molar-refractivity contribution in [1.82, 2.24) is 9.88 Å². The third-order valence-electron chi connectivity index (χ3n) is 7.96. The molecule has 0 amide bonds. The number of H-pyrrole nitrogens is 1. The molecule has 0 saturated heterocycles. The number of phenols is 1. The number of aromatic hydroxyl groups is 1. The van der Waals surface area contributed by atoms with Crippen molar-refractivity contribution in [2.75, 3.05) is 6.61 Å². The van der Waals surface area contributed by atoms with E-state index in [0.717, 1.165) is 12.8 Å². The number of aliphatic hydroxyl groups is 1. The van der Waals surface area contributed by atoms with Gasteiger partial charge in [0.05, 0.1) is 6.04 Å². The van der Waals surface area contributed by atoms with Crippen molar-refractivity contribution in [3.63, 3.8) is 0 Å². The number of fused-ring (bicyclic) bond motifs is 4. The van der Waals surface area contributed by atoms with Crippen LogP contribution in [0.2, 0.25) is 0 Å². The molecular formula is C25H28N2O2. The van der Waals surface area contributed by atoms with Gasteiger partial charge in [-0.25, -0.2) is 0 Å². The first-order valence-corrected chi connectivity index (χ1v) is 10.9. The van der Waals surface area contributed by atoms with Gasteiger partial charge in [-0.1, -0.05) is 30.3 Å². The summed E-state index contributed by atoms with van der Waals surface area (Å²) in [7, 11) is 0. The van der Waals surface area contributed by atoms with Gasteiger partial charge < -0.3 is 15.2 Å². The number of nitrogens with one attached hydrogen (secondary N) is 1. The summed E-state index contributed by atoms with van der Waals surface area (Å²) in [5, 5.41) is 21.1. The highest BCUT2D eigenvalue weighted by atomic mass is 16.3. The van der Waals surface area contributed by atoms with Crippen molar-refractivity contribution >= 4 is 10.9 Å². The van der Waals surface area contributed by atoms with E-state index in [1.54, 1.807) is 0 Å². The van der Waals surface area contributed by atoms with Crippen LogP contribution in [-0.2, 0) is 6.42 Å². The summed E-state index contributed by atoms with van der Waals surface area (Å²) in [4.78, 5) is 6.51. The van der Waals surface area contributed by atoms with E-state index in [1.165, 1.54) is 40.6 Å². The number of hydrogen-bond acceptors (Lipinski definition) is 3. The number of aromatic amines is 1. The van der Waals surface area contributed by atoms with Gasteiger partial charge >= 0.3 is 0 Å². The Kier molecular flexibility index (Phi) is 3.69. The van der Waals surface area contributed by atoms with Gasteiger partial charge in [0, 0.05) is 34.8 Å². The third kappa shape index (κ3) is 2.39. The third-order valence-corrected chi connectivity index (χ3v) is 7.96. The maximum Gasteiger partial charge on any atom is 0.115 e. The largest absolute Gasteiger partial charge is 0.508 e. The average molecular weight is 389 g/mol. The smallest absolute Gasteiger partial charge is 0.115 e. The number of rotatable bonds is 3. The molecule has 3 aromatic rings. The Morgan fingerprint density at radius 1 is 1.07 bits per heavy atom. The molecule has 4 aliphatic rings. The molecule has 3 unspecified atom stereocenters. The van der Waals surface area contributed by atoms with Crippen LogP contribution in [0.4, 0.5) is 0 Å². The number of benzene rings is 2. The number of nitrogens with zero attached hydrogens (tertiary/aromatic N) is 1. The Labute approximate surface area is 171 Å². The highest BCUT2D eigenvalue weighted by Gasteiger charge is 2.61. The van der Waals surface area contributed by atoms with E-state index in [4.69, 9.17) is 0 Å². The Morgan fingerprint density at radius 2 is 1.83 bits per heavy atom. The summed E-state index contributed by atoms with van der Waals surface area (Å²) in [6.07, 6.45) is 4.55. The monoisotopic (exact) mass is 388 g/mol. The van der Waals surface area contributed by atoms with Gasteiger partial charge in [-0.05, 0) is 73.8 Å². The van der Waals surface area contributed by atoms with Crippen molar-refractivity contribution < 1.29 is 10.2 Å². The van der Waals surface area contributed by atoms with E-state index >= 15 is 0 Å². The maximum absolute atomic E-state index is 9.87. The van der Waals surface area contributed by atoms with Gasteiger partial charge in [0.15, 0.2) is 0 Å². The molecule has 0 radical (unpaired) electrons. The highest BCUT2D eigenvalue weighted by molar-refractivity contribution is 5.85. The minimum Gasteiger partial charge on any atom is -0.508 e. The number of hydrogen-bond donors (Lipinski definition) is 3. The van der Waals surface area contributed by atoms with Gasteiger partial charge in [-0.3, -0.25) is 4.90 Å².